The minimum absolute atomic E-state index is 0.266. The van der Waals surface area contributed by atoms with Gasteiger partial charge in [-0.3, -0.25) is 0 Å². The van der Waals surface area contributed by atoms with Gasteiger partial charge in [-0.1, -0.05) is 17.7 Å². The molecule has 0 spiro atoms. The molecule has 0 saturated heterocycles. The largest absolute Gasteiger partial charge is 0.495 e. The quantitative estimate of drug-likeness (QED) is 0.747. The van der Waals surface area contributed by atoms with Crippen LogP contribution in [0, 0.1) is 11.3 Å². The zero-order chi connectivity index (χ0) is 10.2. The van der Waals surface area contributed by atoms with E-state index >= 15 is 0 Å². The molecule has 1 fully saturated rings. The van der Waals surface area contributed by atoms with Crippen molar-refractivity contribution < 1.29 is 4.74 Å². The average Bonchev–Trinajstić information content (AvgIpc) is 2.99. The predicted molar refractivity (Wildman–Crippen MR) is 54.5 cm³/mol. The Bertz CT molecular complexity index is 404. The minimum atomic E-state index is -0.266. The van der Waals surface area contributed by atoms with Crippen LogP contribution in [0.15, 0.2) is 18.2 Å². The van der Waals surface area contributed by atoms with Crippen molar-refractivity contribution >= 4 is 11.6 Å². The lowest BCUT2D eigenvalue weighted by atomic mass is 9.98. The lowest BCUT2D eigenvalue weighted by Crippen LogP contribution is -2.02. The van der Waals surface area contributed by atoms with Crippen LogP contribution in [0.3, 0.4) is 0 Å². The lowest BCUT2D eigenvalue weighted by molar-refractivity contribution is 0.414. The molecule has 1 saturated carbocycles. The number of methoxy groups -OCH3 is 1. The molecule has 0 radical (unpaired) electrons. The van der Waals surface area contributed by atoms with Crippen LogP contribution >= 0.6 is 11.6 Å². The molecule has 0 atom stereocenters. The van der Waals surface area contributed by atoms with Crippen molar-refractivity contribution in [3.63, 3.8) is 0 Å². The first-order valence-electron chi connectivity index (χ1n) is 4.47. The fraction of sp³-hybridized carbons (Fsp3) is 0.364. The highest BCUT2D eigenvalue weighted by Crippen LogP contribution is 2.48. The third kappa shape index (κ3) is 1.34. The second kappa shape index (κ2) is 3.18. The Hall–Kier alpha value is -1.20. The van der Waals surface area contributed by atoms with E-state index in [0.29, 0.717) is 10.8 Å². The molecule has 1 aliphatic carbocycles. The lowest BCUT2D eigenvalue weighted by Gasteiger charge is -2.09. The summed E-state index contributed by atoms with van der Waals surface area (Å²) in [5.74, 6) is 0.644. The Kier molecular flexibility index (Phi) is 2.13. The molecule has 0 aromatic heterocycles. The second-order valence-corrected chi connectivity index (χ2v) is 3.95. The molecule has 0 unspecified atom stereocenters. The van der Waals surface area contributed by atoms with Gasteiger partial charge in [0.1, 0.15) is 5.75 Å². The first kappa shape index (κ1) is 9.36. The van der Waals surface area contributed by atoms with Crippen LogP contribution < -0.4 is 4.74 Å². The van der Waals surface area contributed by atoms with Crippen molar-refractivity contribution in [3.8, 4) is 11.8 Å². The summed E-state index contributed by atoms with van der Waals surface area (Å²) in [6, 6.07) is 7.89. The van der Waals surface area contributed by atoms with E-state index in [2.05, 4.69) is 6.07 Å². The van der Waals surface area contributed by atoms with Crippen LogP contribution in [-0.4, -0.2) is 7.11 Å². The fourth-order valence-corrected chi connectivity index (χ4v) is 1.74. The number of hydrogen-bond donors (Lipinski definition) is 0. The van der Waals surface area contributed by atoms with E-state index in [1.807, 2.05) is 12.1 Å². The highest BCUT2D eigenvalue weighted by Gasteiger charge is 2.45. The smallest absolute Gasteiger partial charge is 0.137 e. The molecule has 0 heterocycles. The van der Waals surface area contributed by atoms with Gasteiger partial charge in [0.15, 0.2) is 0 Å². The Morgan fingerprint density at radius 2 is 2.21 bits per heavy atom. The summed E-state index contributed by atoms with van der Waals surface area (Å²) in [5.41, 5.74) is 0.749. The van der Waals surface area contributed by atoms with Crippen molar-refractivity contribution in [1.82, 2.24) is 0 Å². The first-order chi connectivity index (χ1) is 6.72. The maximum absolute atomic E-state index is 9.02. The average molecular weight is 208 g/mol. The van der Waals surface area contributed by atoms with E-state index in [1.165, 1.54) is 0 Å². The van der Waals surface area contributed by atoms with Gasteiger partial charge in [-0.25, -0.2) is 0 Å². The van der Waals surface area contributed by atoms with Gasteiger partial charge in [0.05, 0.1) is 23.6 Å². The Morgan fingerprint density at radius 1 is 1.50 bits per heavy atom. The second-order valence-electron chi connectivity index (χ2n) is 3.54. The molecular weight excluding hydrogens is 198 g/mol. The maximum Gasteiger partial charge on any atom is 0.137 e. The van der Waals surface area contributed by atoms with Crippen LogP contribution in [0.5, 0.6) is 5.75 Å². The summed E-state index contributed by atoms with van der Waals surface area (Å²) < 4.78 is 5.11. The van der Waals surface area contributed by atoms with E-state index in [1.54, 1.807) is 13.2 Å². The fourth-order valence-electron chi connectivity index (χ4n) is 1.55. The highest BCUT2D eigenvalue weighted by atomic mass is 35.5. The number of rotatable bonds is 2. The predicted octanol–water partition coefficient (Wildman–Crippen LogP) is 2.90. The van der Waals surface area contributed by atoms with Crippen molar-refractivity contribution in [1.29, 1.82) is 5.26 Å². The molecular formula is C11H10ClNO. The molecule has 2 rings (SSSR count). The van der Waals surface area contributed by atoms with Gasteiger partial charge < -0.3 is 4.74 Å². The van der Waals surface area contributed by atoms with Crippen molar-refractivity contribution in [2.24, 2.45) is 0 Å². The SMILES string of the molecule is COc1cc(C2(C#N)CC2)ccc1Cl. The molecule has 1 aliphatic rings. The summed E-state index contributed by atoms with van der Waals surface area (Å²) in [4.78, 5) is 0. The topological polar surface area (TPSA) is 33.0 Å². The van der Waals surface area contributed by atoms with E-state index in [0.717, 1.165) is 18.4 Å². The van der Waals surface area contributed by atoms with Crippen LogP contribution in [-0.2, 0) is 5.41 Å². The van der Waals surface area contributed by atoms with Crippen LogP contribution in [0.1, 0.15) is 18.4 Å². The van der Waals surface area contributed by atoms with Crippen LogP contribution in [0.2, 0.25) is 5.02 Å². The highest BCUT2D eigenvalue weighted by molar-refractivity contribution is 6.32. The normalized spacial score (nSPS) is 17.2. The summed E-state index contributed by atoms with van der Waals surface area (Å²) in [6.45, 7) is 0. The molecule has 1 aromatic carbocycles. The van der Waals surface area contributed by atoms with Gasteiger partial charge in [0.2, 0.25) is 0 Å². The molecule has 3 heteroatoms. The van der Waals surface area contributed by atoms with Gasteiger partial charge >= 0.3 is 0 Å². The van der Waals surface area contributed by atoms with E-state index < -0.39 is 0 Å². The third-order valence-electron chi connectivity index (χ3n) is 2.67. The van der Waals surface area contributed by atoms with Gasteiger partial charge in [-0.05, 0) is 30.5 Å². The monoisotopic (exact) mass is 207 g/mol. The van der Waals surface area contributed by atoms with Crippen molar-refractivity contribution in [3.05, 3.63) is 28.8 Å². The number of halogens is 1. The van der Waals surface area contributed by atoms with Gasteiger partial charge in [-0.2, -0.15) is 5.26 Å². The number of nitrogens with zero attached hydrogens (tertiary/aromatic N) is 1. The molecule has 14 heavy (non-hydrogen) atoms. The maximum atomic E-state index is 9.02. The third-order valence-corrected chi connectivity index (χ3v) is 2.98. The van der Waals surface area contributed by atoms with Crippen molar-refractivity contribution in [2.45, 2.75) is 18.3 Å². The molecule has 1 aromatic rings. The van der Waals surface area contributed by atoms with Crippen LogP contribution in [0.4, 0.5) is 0 Å². The summed E-state index contributed by atoms with van der Waals surface area (Å²) in [7, 11) is 1.58. The molecule has 2 nitrogen and oxygen atoms in total. The Morgan fingerprint density at radius 3 is 2.71 bits per heavy atom. The standard InChI is InChI=1S/C11H10ClNO/c1-14-10-6-8(2-3-9(10)12)11(7-13)4-5-11/h2-3,6H,4-5H2,1H3. The van der Waals surface area contributed by atoms with E-state index in [4.69, 9.17) is 21.6 Å². The molecule has 0 aliphatic heterocycles. The van der Waals surface area contributed by atoms with Gasteiger partial charge in [0.25, 0.3) is 0 Å². The Labute approximate surface area is 88.1 Å². The number of ether oxygens (including phenoxy) is 1. The number of nitriles is 1. The Balaban J connectivity index is 2.42. The van der Waals surface area contributed by atoms with Crippen molar-refractivity contribution in [2.75, 3.05) is 7.11 Å². The van der Waals surface area contributed by atoms with Crippen LogP contribution in [0.25, 0.3) is 0 Å². The molecule has 0 amide bonds. The first-order valence-corrected chi connectivity index (χ1v) is 4.85. The minimum Gasteiger partial charge on any atom is -0.495 e. The van der Waals surface area contributed by atoms with Gasteiger partial charge in [-0.15, -0.1) is 0 Å². The molecule has 0 N–H and O–H groups in total. The summed E-state index contributed by atoms with van der Waals surface area (Å²) in [5, 5.41) is 9.61. The summed E-state index contributed by atoms with van der Waals surface area (Å²) in [6.07, 6.45) is 1.88. The van der Waals surface area contributed by atoms with E-state index in [9.17, 15) is 0 Å². The number of benzene rings is 1. The van der Waals surface area contributed by atoms with Gasteiger partial charge in [0, 0.05) is 0 Å². The zero-order valence-corrected chi connectivity index (χ0v) is 8.64. The molecule has 0 bridgehead atoms. The summed E-state index contributed by atoms with van der Waals surface area (Å²) >= 11 is 5.90. The zero-order valence-electron chi connectivity index (χ0n) is 7.88. The molecule has 72 valence electrons. The number of hydrogen-bond acceptors (Lipinski definition) is 2. The van der Waals surface area contributed by atoms with E-state index in [-0.39, 0.29) is 5.41 Å².